The molecule has 1 aliphatic heterocycles. The number of carbonyl (C=O) groups excluding carboxylic acids is 3. The molecule has 0 saturated carbocycles. The number of likely N-dealkylation sites (tertiary alicyclic amines) is 1. The number of hydrogen-bond acceptors (Lipinski definition) is 6. The number of amides is 1. The summed E-state index contributed by atoms with van der Waals surface area (Å²) in [6, 6.07) is 7.60. The first kappa shape index (κ1) is 20.5. The molecular formula is C21H23NO4S2. The minimum atomic E-state index is -0.316. The maximum atomic E-state index is 12.2. The summed E-state index contributed by atoms with van der Waals surface area (Å²) in [5.41, 5.74) is 0. The number of hydrogen-bond donors (Lipinski definition) is 0. The van der Waals surface area contributed by atoms with Gasteiger partial charge in [-0.05, 0) is 48.9 Å². The Morgan fingerprint density at radius 1 is 1.29 bits per heavy atom. The number of ketones is 1. The molecule has 0 radical (unpaired) electrons. The van der Waals surface area contributed by atoms with Crippen molar-refractivity contribution in [2.45, 2.75) is 38.1 Å². The molecule has 2 aromatic heterocycles. The van der Waals surface area contributed by atoms with E-state index in [2.05, 4.69) is 0 Å². The van der Waals surface area contributed by atoms with Crippen molar-refractivity contribution < 1.29 is 19.1 Å². The van der Waals surface area contributed by atoms with Gasteiger partial charge in [0.2, 0.25) is 5.91 Å². The van der Waals surface area contributed by atoms with Crippen LogP contribution >= 0.6 is 22.7 Å². The molecule has 1 atom stereocenters. The van der Waals surface area contributed by atoms with Crippen molar-refractivity contribution in [2.75, 3.05) is 13.7 Å². The van der Waals surface area contributed by atoms with Crippen LogP contribution in [-0.4, -0.2) is 42.3 Å². The van der Waals surface area contributed by atoms with E-state index < -0.39 is 0 Å². The third kappa shape index (κ3) is 5.39. The zero-order valence-electron chi connectivity index (χ0n) is 15.8. The highest BCUT2D eigenvalue weighted by Gasteiger charge is 2.28. The van der Waals surface area contributed by atoms with Crippen LogP contribution in [0.1, 0.15) is 38.7 Å². The van der Waals surface area contributed by atoms with Crippen LogP contribution in [-0.2, 0) is 27.2 Å². The van der Waals surface area contributed by atoms with Gasteiger partial charge in [0.25, 0.3) is 0 Å². The summed E-state index contributed by atoms with van der Waals surface area (Å²) in [5, 5.41) is 1.96. The highest BCUT2D eigenvalue weighted by atomic mass is 32.1. The van der Waals surface area contributed by atoms with E-state index in [1.165, 1.54) is 18.4 Å². The molecule has 5 nitrogen and oxygen atoms in total. The molecule has 1 aliphatic rings. The summed E-state index contributed by atoms with van der Waals surface area (Å²) in [5.74, 6) is -0.110. The van der Waals surface area contributed by atoms with Crippen LogP contribution in [0.5, 0.6) is 0 Å². The SMILES string of the molecule is COC(=O)c1ccc(CCCN2C(=O)CCC2/C=C/C(=O)Cc2cccs2)s1. The van der Waals surface area contributed by atoms with E-state index >= 15 is 0 Å². The largest absolute Gasteiger partial charge is 0.465 e. The zero-order chi connectivity index (χ0) is 19.9. The van der Waals surface area contributed by atoms with E-state index in [4.69, 9.17) is 4.74 Å². The van der Waals surface area contributed by atoms with E-state index in [1.807, 2.05) is 34.6 Å². The molecule has 0 bridgehead atoms. The second-order valence-electron chi connectivity index (χ2n) is 6.64. The molecule has 0 spiro atoms. The van der Waals surface area contributed by atoms with Crippen LogP contribution < -0.4 is 0 Å². The van der Waals surface area contributed by atoms with Crippen molar-refractivity contribution in [1.29, 1.82) is 0 Å². The fourth-order valence-corrected chi connectivity index (χ4v) is 4.94. The standard InChI is InChI=1S/C21H23NO4S2/c1-26-21(25)19-10-9-17(28-19)4-2-12-22-15(7-11-20(22)24)6-8-16(23)14-18-5-3-13-27-18/h3,5-6,8-10,13,15H,2,4,7,11-12,14H2,1H3/b8-6+. The highest BCUT2D eigenvalue weighted by molar-refractivity contribution is 7.13. The second-order valence-corrected chi connectivity index (χ2v) is 8.84. The average Bonchev–Trinajstić information content (AvgIpc) is 3.43. The molecule has 2 aromatic rings. The van der Waals surface area contributed by atoms with E-state index in [0.29, 0.717) is 24.3 Å². The van der Waals surface area contributed by atoms with E-state index in [9.17, 15) is 14.4 Å². The summed E-state index contributed by atoms with van der Waals surface area (Å²) < 4.78 is 4.73. The maximum Gasteiger partial charge on any atom is 0.348 e. The van der Waals surface area contributed by atoms with Gasteiger partial charge in [0, 0.05) is 29.1 Å². The second kappa shape index (κ2) is 9.80. The van der Waals surface area contributed by atoms with Crippen molar-refractivity contribution in [3.8, 4) is 0 Å². The Labute approximate surface area is 172 Å². The lowest BCUT2D eigenvalue weighted by atomic mass is 10.1. The molecule has 148 valence electrons. The van der Waals surface area contributed by atoms with Gasteiger partial charge in [0.1, 0.15) is 4.88 Å². The van der Waals surface area contributed by atoms with Crippen LogP contribution in [0, 0.1) is 0 Å². The molecular weight excluding hydrogens is 394 g/mol. The molecule has 3 heterocycles. The average molecular weight is 418 g/mol. The molecule has 1 unspecified atom stereocenters. The Balaban J connectivity index is 1.49. The molecule has 7 heteroatoms. The quantitative estimate of drug-likeness (QED) is 0.459. The van der Waals surface area contributed by atoms with Crippen molar-refractivity contribution in [3.05, 3.63) is 56.4 Å². The number of methoxy groups -OCH3 is 1. The number of rotatable bonds is 9. The maximum absolute atomic E-state index is 12.2. The molecule has 0 N–H and O–H groups in total. The molecule has 1 fully saturated rings. The Morgan fingerprint density at radius 2 is 2.14 bits per heavy atom. The van der Waals surface area contributed by atoms with Gasteiger partial charge in [-0.2, -0.15) is 0 Å². The van der Waals surface area contributed by atoms with Crippen molar-refractivity contribution >= 4 is 40.3 Å². The lowest BCUT2D eigenvalue weighted by molar-refractivity contribution is -0.128. The predicted octanol–water partition coefficient (Wildman–Crippen LogP) is 3.89. The zero-order valence-corrected chi connectivity index (χ0v) is 17.4. The van der Waals surface area contributed by atoms with Gasteiger partial charge in [0.05, 0.1) is 13.2 Å². The number of allylic oxidation sites excluding steroid dienone is 1. The molecule has 1 saturated heterocycles. The van der Waals surface area contributed by atoms with Crippen molar-refractivity contribution in [1.82, 2.24) is 4.90 Å². The number of aryl methyl sites for hydroxylation is 1. The molecule has 1 amide bonds. The predicted molar refractivity (Wildman–Crippen MR) is 111 cm³/mol. The van der Waals surface area contributed by atoms with Gasteiger partial charge >= 0.3 is 5.97 Å². The lowest BCUT2D eigenvalue weighted by Crippen LogP contribution is -2.33. The van der Waals surface area contributed by atoms with E-state index in [1.54, 1.807) is 23.5 Å². The Bertz CT molecular complexity index is 854. The minimum absolute atomic E-state index is 0.00579. The Hall–Kier alpha value is -2.25. The fourth-order valence-electron chi connectivity index (χ4n) is 3.25. The lowest BCUT2D eigenvalue weighted by Gasteiger charge is -2.22. The number of thiophene rings is 2. The van der Waals surface area contributed by atoms with Crippen LogP contribution in [0.25, 0.3) is 0 Å². The normalized spacial score (nSPS) is 16.8. The minimum Gasteiger partial charge on any atom is -0.465 e. The number of esters is 1. The number of carbonyl (C=O) groups is 3. The molecule has 0 aromatic carbocycles. The van der Waals surface area contributed by atoms with Gasteiger partial charge in [0.15, 0.2) is 5.78 Å². The van der Waals surface area contributed by atoms with Gasteiger partial charge in [-0.3, -0.25) is 9.59 Å². The topological polar surface area (TPSA) is 63.7 Å². The van der Waals surface area contributed by atoms with Gasteiger partial charge in [-0.15, -0.1) is 22.7 Å². The van der Waals surface area contributed by atoms with Gasteiger partial charge < -0.3 is 9.64 Å². The molecule has 28 heavy (non-hydrogen) atoms. The smallest absolute Gasteiger partial charge is 0.348 e. The summed E-state index contributed by atoms with van der Waals surface area (Å²) in [6.07, 6.45) is 6.82. The first-order valence-corrected chi connectivity index (χ1v) is 11.0. The summed E-state index contributed by atoms with van der Waals surface area (Å²) >= 11 is 3.01. The third-order valence-electron chi connectivity index (χ3n) is 4.68. The van der Waals surface area contributed by atoms with Crippen molar-refractivity contribution in [3.63, 3.8) is 0 Å². The van der Waals surface area contributed by atoms with Crippen LogP contribution in [0.4, 0.5) is 0 Å². The van der Waals surface area contributed by atoms with E-state index in [0.717, 1.165) is 29.0 Å². The Morgan fingerprint density at radius 3 is 2.89 bits per heavy atom. The third-order valence-corrected chi connectivity index (χ3v) is 6.68. The van der Waals surface area contributed by atoms with E-state index in [-0.39, 0.29) is 23.7 Å². The first-order valence-electron chi connectivity index (χ1n) is 9.26. The molecule has 0 aliphatic carbocycles. The highest BCUT2D eigenvalue weighted by Crippen LogP contribution is 2.23. The summed E-state index contributed by atoms with van der Waals surface area (Å²) in [4.78, 5) is 40.5. The fraction of sp³-hybridized carbons (Fsp3) is 0.381. The number of ether oxygens (including phenoxy) is 1. The summed E-state index contributed by atoms with van der Waals surface area (Å²) in [6.45, 7) is 0.651. The van der Waals surface area contributed by atoms with Crippen LogP contribution in [0.2, 0.25) is 0 Å². The molecule has 3 rings (SSSR count). The van der Waals surface area contributed by atoms with Gasteiger partial charge in [-0.25, -0.2) is 4.79 Å². The van der Waals surface area contributed by atoms with Crippen molar-refractivity contribution in [2.24, 2.45) is 0 Å². The van der Waals surface area contributed by atoms with Gasteiger partial charge in [-0.1, -0.05) is 12.1 Å². The van der Waals surface area contributed by atoms with Crippen LogP contribution in [0.15, 0.2) is 41.8 Å². The monoisotopic (exact) mass is 417 g/mol. The Kier molecular flexibility index (Phi) is 7.17. The van der Waals surface area contributed by atoms with Crippen LogP contribution in [0.3, 0.4) is 0 Å². The first-order chi connectivity index (χ1) is 13.6. The number of nitrogens with zero attached hydrogens (tertiary/aromatic N) is 1. The summed E-state index contributed by atoms with van der Waals surface area (Å²) in [7, 11) is 1.37.